The third-order valence-electron chi connectivity index (χ3n) is 3.31. The van der Waals surface area contributed by atoms with Gasteiger partial charge in [0, 0.05) is 0 Å². The van der Waals surface area contributed by atoms with Crippen LogP contribution in [0.1, 0.15) is 27.2 Å². The summed E-state index contributed by atoms with van der Waals surface area (Å²) in [5.74, 6) is 0.967. The second kappa shape index (κ2) is 5.41. The van der Waals surface area contributed by atoms with E-state index in [0.29, 0.717) is 18.2 Å². The van der Waals surface area contributed by atoms with Crippen molar-refractivity contribution >= 4 is 9.24 Å². The van der Waals surface area contributed by atoms with Crippen LogP contribution in [0.3, 0.4) is 0 Å². The van der Waals surface area contributed by atoms with E-state index in [2.05, 4.69) is 30.0 Å². The van der Waals surface area contributed by atoms with Crippen LogP contribution in [0, 0.1) is 11.8 Å². The largest absolute Gasteiger partial charge is 0.347 e. The molecule has 0 radical (unpaired) electrons. The number of hydrogen-bond acceptors (Lipinski definition) is 3. The Hall–Kier alpha value is 0.310. The summed E-state index contributed by atoms with van der Waals surface area (Å²) in [7, 11) is 2.53. The quantitative estimate of drug-likeness (QED) is 0.733. The van der Waals surface area contributed by atoms with Crippen LogP contribution >= 0.6 is 9.24 Å². The van der Waals surface area contributed by atoms with Crippen molar-refractivity contribution in [3.8, 4) is 0 Å². The maximum absolute atomic E-state index is 6.06. The van der Waals surface area contributed by atoms with Crippen molar-refractivity contribution in [2.75, 3.05) is 6.35 Å². The summed E-state index contributed by atoms with van der Waals surface area (Å²) in [5, 5.41) is 0. The van der Waals surface area contributed by atoms with Gasteiger partial charge in [0.2, 0.25) is 0 Å². The lowest BCUT2D eigenvalue weighted by molar-refractivity contribution is -0.222. The lowest BCUT2D eigenvalue weighted by Gasteiger charge is -2.42. The second-order valence-corrected chi connectivity index (χ2v) is 4.41. The normalized spacial score (nSPS) is 43.9. The minimum atomic E-state index is -0.233. The van der Waals surface area contributed by atoms with E-state index in [1.807, 2.05) is 0 Å². The minimum absolute atomic E-state index is 0.00616. The van der Waals surface area contributed by atoms with Gasteiger partial charge in [-0.2, -0.15) is 0 Å². The monoisotopic (exact) mass is 219 g/mol. The Bertz CT molecular complexity index is 176. The van der Waals surface area contributed by atoms with Crippen molar-refractivity contribution in [2.24, 2.45) is 17.6 Å². The molecule has 14 heavy (non-hydrogen) atoms. The minimum Gasteiger partial charge on any atom is -0.347 e. The third-order valence-corrected chi connectivity index (χ3v) is 3.50. The van der Waals surface area contributed by atoms with Crippen LogP contribution in [-0.2, 0) is 9.47 Å². The summed E-state index contributed by atoms with van der Waals surface area (Å²) in [5.41, 5.74) is 6.06. The van der Waals surface area contributed by atoms with Gasteiger partial charge in [-0.25, -0.2) is 0 Å². The highest BCUT2D eigenvalue weighted by atomic mass is 31.0. The molecule has 0 amide bonds. The Morgan fingerprint density at radius 2 is 2.00 bits per heavy atom. The SMILES string of the molecule is CCC1O[C@H](OCP)C(N)[C@@H](C)[C@@H]1C. The van der Waals surface area contributed by atoms with E-state index in [1.54, 1.807) is 0 Å². The summed E-state index contributed by atoms with van der Waals surface area (Å²) >= 11 is 0. The molecule has 0 saturated carbocycles. The van der Waals surface area contributed by atoms with Gasteiger partial charge in [0.25, 0.3) is 0 Å². The third kappa shape index (κ3) is 2.46. The van der Waals surface area contributed by atoms with Crippen LogP contribution in [0.15, 0.2) is 0 Å². The van der Waals surface area contributed by atoms with Gasteiger partial charge >= 0.3 is 0 Å². The van der Waals surface area contributed by atoms with E-state index >= 15 is 0 Å². The number of ether oxygens (including phenoxy) is 2. The smallest absolute Gasteiger partial charge is 0.173 e. The molecule has 0 spiro atoms. The molecule has 6 atom stereocenters. The van der Waals surface area contributed by atoms with Crippen LogP contribution in [0.5, 0.6) is 0 Å². The predicted molar refractivity (Wildman–Crippen MR) is 60.9 cm³/mol. The van der Waals surface area contributed by atoms with E-state index in [9.17, 15) is 0 Å². The van der Waals surface area contributed by atoms with Crippen LogP contribution in [0.4, 0.5) is 0 Å². The molecular formula is C10H22NO2P. The average molecular weight is 219 g/mol. The molecule has 0 bridgehead atoms. The lowest BCUT2D eigenvalue weighted by Crippen LogP contribution is -2.54. The first-order valence-corrected chi connectivity index (χ1v) is 6.16. The first kappa shape index (κ1) is 12.4. The zero-order valence-electron chi connectivity index (χ0n) is 9.27. The Morgan fingerprint density at radius 3 is 2.50 bits per heavy atom. The fourth-order valence-corrected chi connectivity index (χ4v) is 2.23. The summed E-state index contributed by atoms with van der Waals surface area (Å²) in [6.07, 6.45) is 1.65. The molecule has 1 aliphatic rings. The molecule has 1 heterocycles. The molecule has 0 aromatic rings. The zero-order valence-corrected chi connectivity index (χ0v) is 10.4. The highest BCUT2D eigenvalue weighted by Gasteiger charge is 2.38. The second-order valence-electron chi connectivity index (χ2n) is 4.08. The summed E-state index contributed by atoms with van der Waals surface area (Å²) in [6.45, 7) is 6.53. The van der Waals surface area contributed by atoms with E-state index in [1.165, 1.54) is 0 Å². The summed E-state index contributed by atoms with van der Waals surface area (Å²) < 4.78 is 11.3. The van der Waals surface area contributed by atoms with Crippen LogP contribution in [0.2, 0.25) is 0 Å². The maximum Gasteiger partial charge on any atom is 0.173 e. The molecule has 4 heteroatoms. The van der Waals surface area contributed by atoms with Crippen molar-refractivity contribution in [2.45, 2.75) is 45.6 Å². The van der Waals surface area contributed by atoms with Gasteiger partial charge in [0.15, 0.2) is 6.29 Å². The Kier molecular flexibility index (Phi) is 4.78. The fourth-order valence-electron chi connectivity index (χ4n) is 2.04. The first-order chi connectivity index (χ1) is 6.61. The molecule has 1 rings (SSSR count). The molecular weight excluding hydrogens is 197 g/mol. The number of hydrogen-bond donors (Lipinski definition) is 1. The molecule has 1 saturated heterocycles. The van der Waals surface area contributed by atoms with Gasteiger partial charge in [-0.3, -0.25) is 0 Å². The van der Waals surface area contributed by atoms with Gasteiger partial charge in [-0.15, -0.1) is 9.24 Å². The molecule has 3 unspecified atom stereocenters. The molecule has 0 aliphatic carbocycles. The Morgan fingerprint density at radius 1 is 1.36 bits per heavy atom. The van der Waals surface area contributed by atoms with E-state index < -0.39 is 0 Å². The first-order valence-electron chi connectivity index (χ1n) is 5.34. The predicted octanol–water partition coefficient (Wildman–Crippen LogP) is 1.57. The van der Waals surface area contributed by atoms with Gasteiger partial charge < -0.3 is 15.2 Å². The highest BCUT2D eigenvalue weighted by Crippen LogP contribution is 2.31. The van der Waals surface area contributed by atoms with Crippen LogP contribution in [0.25, 0.3) is 0 Å². The topological polar surface area (TPSA) is 44.5 Å². The maximum atomic E-state index is 6.06. The van der Waals surface area contributed by atoms with Crippen molar-refractivity contribution in [3.63, 3.8) is 0 Å². The zero-order chi connectivity index (χ0) is 10.7. The fraction of sp³-hybridized carbons (Fsp3) is 1.00. The van der Waals surface area contributed by atoms with Gasteiger partial charge in [0.05, 0.1) is 18.5 Å². The molecule has 2 N–H and O–H groups in total. The van der Waals surface area contributed by atoms with Crippen molar-refractivity contribution in [1.82, 2.24) is 0 Å². The van der Waals surface area contributed by atoms with E-state index in [0.717, 1.165) is 6.42 Å². The standard InChI is InChI=1S/C10H22NO2P/c1-4-8-6(2)7(3)9(11)10(13-8)12-5-14/h6-10H,4-5,11,14H2,1-3H3/t6-,7-,8?,9?,10-/m0/s1. The van der Waals surface area contributed by atoms with Crippen molar-refractivity contribution in [3.05, 3.63) is 0 Å². The summed E-state index contributed by atoms with van der Waals surface area (Å²) in [6, 6.07) is -0.00616. The summed E-state index contributed by atoms with van der Waals surface area (Å²) in [4.78, 5) is 0. The van der Waals surface area contributed by atoms with Crippen LogP contribution < -0.4 is 5.73 Å². The molecule has 1 fully saturated rings. The van der Waals surface area contributed by atoms with E-state index in [4.69, 9.17) is 15.2 Å². The van der Waals surface area contributed by atoms with Crippen LogP contribution in [-0.4, -0.2) is 24.8 Å². The van der Waals surface area contributed by atoms with E-state index in [-0.39, 0.29) is 18.4 Å². The highest BCUT2D eigenvalue weighted by molar-refractivity contribution is 7.16. The van der Waals surface area contributed by atoms with Gasteiger partial charge in [0.1, 0.15) is 0 Å². The number of nitrogens with two attached hydrogens (primary N) is 1. The van der Waals surface area contributed by atoms with Crippen molar-refractivity contribution in [1.29, 1.82) is 0 Å². The average Bonchev–Trinajstić information content (AvgIpc) is 2.19. The Balaban J connectivity index is 2.63. The molecule has 3 nitrogen and oxygen atoms in total. The molecule has 0 aromatic heterocycles. The molecule has 0 aromatic carbocycles. The lowest BCUT2D eigenvalue weighted by atomic mass is 9.81. The van der Waals surface area contributed by atoms with Gasteiger partial charge in [-0.1, -0.05) is 20.8 Å². The molecule has 84 valence electrons. The van der Waals surface area contributed by atoms with Crippen molar-refractivity contribution < 1.29 is 9.47 Å². The van der Waals surface area contributed by atoms with Gasteiger partial charge in [-0.05, 0) is 18.3 Å². The Labute approximate surface area is 88.9 Å². The number of rotatable bonds is 3. The molecule has 1 aliphatic heterocycles.